The SMILES string of the molecule is NC1CCCC1C(=O)c1cnnn1-c1ccccc1. The third-order valence-electron chi connectivity index (χ3n) is 3.71. The highest BCUT2D eigenvalue weighted by atomic mass is 16.1. The average Bonchev–Trinajstić information content (AvgIpc) is 3.07. The van der Waals surface area contributed by atoms with Gasteiger partial charge in [-0.05, 0) is 25.0 Å². The van der Waals surface area contributed by atoms with Crippen molar-refractivity contribution in [3.63, 3.8) is 0 Å². The van der Waals surface area contributed by atoms with Gasteiger partial charge in [0.25, 0.3) is 0 Å². The molecule has 0 spiro atoms. The molecule has 0 bridgehead atoms. The van der Waals surface area contributed by atoms with Crippen LogP contribution in [-0.2, 0) is 0 Å². The van der Waals surface area contributed by atoms with E-state index in [4.69, 9.17) is 5.73 Å². The van der Waals surface area contributed by atoms with Crippen molar-refractivity contribution in [3.8, 4) is 5.69 Å². The fourth-order valence-electron chi connectivity index (χ4n) is 2.67. The number of rotatable bonds is 3. The number of para-hydroxylation sites is 1. The van der Waals surface area contributed by atoms with Gasteiger partial charge in [-0.1, -0.05) is 29.8 Å². The van der Waals surface area contributed by atoms with Gasteiger partial charge in [0.05, 0.1) is 11.9 Å². The van der Waals surface area contributed by atoms with Crippen molar-refractivity contribution in [1.29, 1.82) is 0 Å². The Labute approximate surface area is 111 Å². The number of Topliss-reactive ketones (excluding diaryl/α,β-unsaturated/α-hetero) is 1. The van der Waals surface area contributed by atoms with E-state index in [1.54, 1.807) is 4.68 Å². The summed E-state index contributed by atoms with van der Waals surface area (Å²) >= 11 is 0. The van der Waals surface area contributed by atoms with Crippen LogP contribution in [0.15, 0.2) is 36.5 Å². The Hall–Kier alpha value is -2.01. The Morgan fingerprint density at radius 2 is 2.05 bits per heavy atom. The van der Waals surface area contributed by atoms with Crippen LogP contribution in [0.2, 0.25) is 0 Å². The van der Waals surface area contributed by atoms with Gasteiger partial charge in [0, 0.05) is 12.0 Å². The molecule has 0 amide bonds. The lowest BCUT2D eigenvalue weighted by Crippen LogP contribution is -2.31. The van der Waals surface area contributed by atoms with Gasteiger partial charge >= 0.3 is 0 Å². The van der Waals surface area contributed by atoms with Crippen molar-refractivity contribution in [2.75, 3.05) is 0 Å². The van der Waals surface area contributed by atoms with E-state index >= 15 is 0 Å². The fraction of sp³-hybridized carbons (Fsp3) is 0.357. The molecule has 1 heterocycles. The molecular weight excluding hydrogens is 240 g/mol. The average molecular weight is 256 g/mol. The zero-order chi connectivity index (χ0) is 13.2. The summed E-state index contributed by atoms with van der Waals surface area (Å²) in [7, 11) is 0. The van der Waals surface area contributed by atoms with Gasteiger partial charge in [-0.25, -0.2) is 4.68 Å². The van der Waals surface area contributed by atoms with E-state index in [-0.39, 0.29) is 17.7 Å². The Bertz CT molecular complexity index is 578. The number of nitrogens with two attached hydrogens (primary N) is 1. The summed E-state index contributed by atoms with van der Waals surface area (Å²) in [5.74, 6) is -0.0418. The maximum atomic E-state index is 12.5. The first-order valence-corrected chi connectivity index (χ1v) is 6.53. The van der Waals surface area contributed by atoms with E-state index in [9.17, 15) is 4.79 Å². The molecule has 1 aliphatic rings. The van der Waals surface area contributed by atoms with Crippen molar-refractivity contribution >= 4 is 5.78 Å². The van der Waals surface area contributed by atoms with E-state index in [0.29, 0.717) is 5.69 Å². The Morgan fingerprint density at radius 1 is 1.26 bits per heavy atom. The van der Waals surface area contributed by atoms with Crippen LogP contribution in [0.4, 0.5) is 0 Å². The molecule has 1 saturated carbocycles. The molecule has 5 heteroatoms. The lowest BCUT2D eigenvalue weighted by atomic mass is 9.97. The second-order valence-corrected chi connectivity index (χ2v) is 4.93. The van der Waals surface area contributed by atoms with Crippen molar-refractivity contribution in [2.45, 2.75) is 25.3 Å². The quantitative estimate of drug-likeness (QED) is 0.846. The van der Waals surface area contributed by atoms with Gasteiger partial charge in [-0.15, -0.1) is 5.10 Å². The topological polar surface area (TPSA) is 73.8 Å². The van der Waals surface area contributed by atoms with Gasteiger partial charge in [0.2, 0.25) is 0 Å². The van der Waals surface area contributed by atoms with Gasteiger partial charge in [0.1, 0.15) is 5.69 Å². The zero-order valence-corrected chi connectivity index (χ0v) is 10.6. The summed E-state index contributed by atoms with van der Waals surface area (Å²) in [5, 5.41) is 7.88. The Balaban J connectivity index is 1.94. The van der Waals surface area contributed by atoms with Gasteiger partial charge < -0.3 is 5.73 Å². The molecule has 1 aliphatic carbocycles. The highest BCUT2D eigenvalue weighted by molar-refractivity contribution is 5.97. The number of benzene rings is 1. The number of hydrogen-bond acceptors (Lipinski definition) is 4. The molecule has 1 aromatic heterocycles. The molecule has 1 aromatic carbocycles. The number of aromatic nitrogens is 3. The van der Waals surface area contributed by atoms with Gasteiger partial charge in [0.15, 0.2) is 5.78 Å². The van der Waals surface area contributed by atoms with E-state index in [2.05, 4.69) is 10.3 Å². The lowest BCUT2D eigenvalue weighted by molar-refractivity contribution is 0.0905. The summed E-state index contributed by atoms with van der Waals surface area (Å²) in [6.45, 7) is 0. The smallest absolute Gasteiger partial charge is 0.187 e. The monoisotopic (exact) mass is 256 g/mol. The van der Waals surface area contributed by atoms with E-state index in [1.807, 2.05) is 30.3 Å². The molecule has 3 rings (SSSR count). The maximum Gasteiger partial charge on any atom is 0.187 e. The molecule has 19 heavy (non-hydrogen) atoms. The molecule has 5 nitrogen and oxygen atoms in total. The second kappa shape index (κ2) is 4.93. The Morgan fingerprint density at radius 3 is 2.74 bits per heavy atom. The van der Waals surface area contributed by atoms with Crippen molar-refractivity contribution < 1.29 is 4.79 Å². The zero-order valence-electron chi connectivity index (χ0n) is 10.6. The first-order chi connectivity index (χ1) is 9.27. The standard InChI is InChI=1S/C14H16N4O/c15-12-8-4-7-11(12)14(19)13-9-16-17-18(13)10-5-2-1-3-6-10/h1-3,5-6,9,11-12H,4,7-8,15H2. The largest absolute Gasteiger partial charge is 0.327 e. The van der Waals surface area contributed by atoms with Crippen LogP contribution in [0, 0.1) is 5.92 Å². The number of carbonyl (C=O) groups excluding carboxylic acids is 1. The van der Waals surface area contributed by atoms with Crippen LogP contribution in [0.25, 0.3) is 5.69 Å². The predicted octanol–water partition coefficient (Wildman–Crippen LogP) is 1.58. The first kappa shape index (κ1) is 12.0. The van der Waals surface area contributed by atoms with Crippen LogP contribution in [-0.4, -0.2) is 26.8 Å². The highest BCUT2D eigenvalue weighted by Gasteiger charge is 2.32. The van der Waals surface area contributed by atoms with Crippen LogP contribution < -0.4 is 5.73 Å². The lowest BCUT2D eigenvalue weighted by Gasteiger charge is -2.14. The normalized spacial score (nSPS) is 22.6. The molecule has 0 saturated heterocycles. The minimum Gasteiger partial charge on any atom is -0.327 e. The summed E-state index contributed by atoms with van der Waals surface area (Å²) in [4.78, 5) is 12.5. The van der Waals surface area contributed by atoms with E-state index in [1.165, 1.54) is 6.20 Å². The second-order valence-electron chi connectivity index (χ2n) is 4.93. The number of carbonyl (C=O) groups is 1. The molecule has 2 aromatic rings. The molecule has 0 aliphatic heterocycles. The Kier molecular flexibility index (Phi) is 3.13. The number of ketones is 1. The molecule has 2 unspecified atom stereocenters. The van der Waals surface area contributed by atoms with Crippen molar-refractivity contribution in [3.05, 3.63) is 42.2 Å². The van der Waals surface area contributed by atoms with Gasteiger partial charge in [-0.3, -0.25) is 4.79 Å². The predicted molar refractivity (Wildman–Crippen MR) is 71.0 cm³/mol. The summed E-state index contributed by atoms with van der Waals surface area (Å²) in [6.07, 6.45) is 4.33. The molecule has 2 N–H and O–H groups in total. The number of nitrogens with zero attached hydrogens (tertiary/aromatic N) is 3. The fourth-order valence-corrected chi connectivity index (χ4v) is 2.67. The number of hydrogen-bond donors (Lipinski definition) is 1. The third kappa shape index (κ3) is 2.17. The molecule has 2 atom stereocenters. The van der Waals surface area contributed by atoms with Crippen LogP contribution in [0.5, 0.6) is 0 Å². The third-order valence-corrected chi connectivity index (χ3v) is 3.71. The van der Waals surface area contributed by atoms with E-state index in [0.717, 1.165) is 24.9 Å². The molecule has 98 valence electrons. The van der Waals surface area contributed by atoms with Crippen LogP contribution >= 0.6 is 0 Å². The van der Waals surface area contributed by atoms with Crippen LogP contribution in [0.3, 0.4) is 0 Å². The minimum absolute atomic E-state index is 0.0355. The van der Waals surface area contributed by atoms with Crippen molar-refractivity contribution in [1.82, 2.24) is 15.0 Å². The summed E-state index contributed by atoms with van der Waals surface area (Å²) in [6, 6.07) is 9.51. The molecule has 0 radical (unpaired) electrons. The summed E-state index contributed by atoms with van der Waals surface area (Å²) < 4.78 is 1.59. The van der Waals surface area contributed by atoms with Crippen molar-refractivity contribution in [2.24, 2.45) is 11.7 Å². The molecule has 1 fully saturated rings. The van der Waals surface area contributed by atoms with Crippen LogP contribution in [0.1, 0.15) is 29.8 Å². The van der Waals surface area contributed by atoms with E-state index < -0.39 is 0 Å². The summed E-state index contributed by atoms with van der Waals surface area (Å²) in [5.41, 5.74) is 7.37. The molecular formula is C14H16N4O. The maximum absolute atomic E-state index is 12.5. The highest BCUT2D eigenvalue weighted by Crippen LogP contribution is 2.27. The first-order valence-electron chi connectivity index (χ1n) is 6.53. The minimum atomic E-state index is -0.0963. The van der Waals surface area contributed by atoms with Gasteiger partial charge in [-0.2, -0.15) is 0 Å².